The van der Waals surface area contributed by atoms with E-state index in [1.165, 1.54) is 0 Å². The summed E-state index contributed by atoms with van der Waals surface area (Å²) in [4.78, 5) is 12.8. The lowest BCUT2D eigenvalue weighted by Gasteiger charge is -2.10. The lowest BCUT2D eigenvalue weighted by atomic mass is 10.3. The number of nitrogens with zero attached hydrogens (tertiary/aromatic N) is 3. The zero-order chi connectivity index (χ0) is 11.4. The van der Waals surface area contributed by atoms with Crippen LogP contribution in [0.4, 0.5) is 0 Å². The summed E-state index contributed by atoms with van der Waals surface area (Å²) in [6.07, 6.45) is 5.41. The van der Waals surface area contributed by atoms with Crippen LogP contribution < -0.4 is 5.32 Å². The van der Waals surface area contributed by atoms with Crippen LogP contribution in [0.15, 0.2) is 24.0 Å². The minimum Gasteiger partial charge on any atom is -0.302 e. The fraction of sp³-hybridized carbons (Fsp3) is 0.364. The fourth-order valence-electron chi connectivity index (χ4n) is 1.30. The molecule has 0 amide bonds. The minimum atomic E-state index is 0.253. The van der Waals surface area contributed by atoms with Crippen LogP contribution in [-0.2, 0) is 6.54 Å². The van der Waals surface area contributed by atoms with E-state index in [2.05, 4.69) is 27.2 Å². The van der Waals surface area contributed by atoms with Gasteiger partial charge in [0.05, 0.1) is 17.4 Å². The van der Waals surface area contributed by atoms with Crippen molar-refractivity contribution in [3.63, 3.8) is 0 Å². The number of aromatic nitrogens is 3. The highest BCUT2D eigenvalue weighted by atomic mass is 32.1. The van der Waals surface area contributed by atoms with E-state index in [9.17, 15) is 0 Å². The maximum absolute atomic E-state index is 4.29. The third-order valence-corrected chi connectivity index (χ3v) is 3.20. The van der Waals surface area contributed by atoms with Crippen molar-refractivity contribution in [3.8, 4) is 0 Å². The first-order valence-electron chi connectivity index (χ1n) is 5.16. The summed E-state index contributed by atoms with van der Waals surface area (Å²) in [5.41, 5.74) is 1.89. The van der Waals surface area contributed by atoms with Crippen LogP contribution >= 0.6 is 11.3 Å². The summed E-state index contributed by atoms with van der Waals surface area (Å²) in [5, 5.41) is 6.45. The molecule has 0 fully saturated rings. The van der Waals surface area contributed by atoms with Crippen LogP contribution in [0.3, 0.4) is 0 Å². The molecular formula is C11H14N4S. The van der Waals surface area contributed by atoms with Crippen molar-refractivity contribution in [2.75, 3.05) is 0 Å². The van der Waals surface area contributed by atoms with Crippen molar-refractivity contribution < 1.29 is 0 Å². The molecule has 84 valence electrons. The molecule has 0 aliphatic heterocycles. The van der Waals surface area contributed by atoms with Gasteiger partial charge in [0.25, 0.3) is 0 Å². The summed E-state index contributed by atoms with van der Waals surface area (Å²) < 4.78 is 0. The van der Waals surface area contributed by atoms with E-state index in [4.69, 9.17) is 0 Å². The highest BCUT2D eigenvalue weighted by Gasteiger charge is 2.07. The highest BCUT2D eigenvalue weighted by molar-refractivity contribution is 7.09. The predicted molar refractivity (Wildman–Crippen MR) is 64.1 cm³/mol. The monoisotopic (exact) mass is 234 g/mol. The quantitative estimate of drug-likeness (QED) is 0.880. The summed E-state index contributed by atoms with van der Waals surface area (Å²) in [6.45, 7) is 4.75. The van der Waals surface area contributed by atoms with Gasteiger partial charge in [-0.3, -0.25) is 9.97 Å². The Morgan fingerprint density at radius 3 is 2.81 bits per heavy atom. The van der Waals surface area contributed by atoms with Crippen LogP contribution in [0.1, 0.15) is 29.4 Å². The molecule has 0 aliphatic rings. The van der Waals surface area contributed by atoms with Gasteiger partial charge in [0, 0.05) is 30.5 Å². The maximum Gasteiger partial charge on any atom is 0.109 e. The smallest absolute Gasteiger partial charge is 0.109 e. The summed E-state index contributed by atoms with van der Waals surface area (Å²) in [7, 11) is 0. The Bertz CT molecular complexity index is 424. The molecule has 2 aromatic heterocycles. The van der Waals surface area contributed by atoms with E-state index < -0.39 is 0 Å². The van der Waals surface area contributed by atoms with Gasteiger partial charge in [0.1, 0.15) is 5.01 Å². The average molecular weight is 234 g/mol. The van der Waals surface area contributed by atoms with E-state index >= 15 is 0 Å². The molecule has 2 heterocycles. The lowest BCUT2D eigenvalue weighted by molar-refractivity contribution is 0.563. The van der Waals surface area contributed by atoms with E-state index in [0.717, 1.165) is 16.4 Å². The largest absolute Gasteiger partial charge is 0.302 e. The topological polar surface area (TPSA) is 50.7 Å². The van der Waals surface area contributed by atoms with Gasteiger partial charge in [-0.1, -0.05) is 0 Å². The standard InChI is InChI=1S/C11H14N4S/c1-8-5-15-10(6-13-8)7-14-9(2)11-12-3-4-16-11/h3-6,9,14H,7H2,1-2H3. The predicted octanol–water partition coefficient (Wildman–Crippen LogP) is 2.09. The second-order valence-corrected chi connectivity index (χ2v) is 4.55. The Kier molecular flexibility index (Phi) is 3.58. The molecule has 5 heteroatoms. The SMILES string of the molecule is Cc1cnc(CNC(C)c2nccs2)cn1. The number of rotatable bonds is 4. The molecule has 0 bridgehead atoms. The molecule has 1 N–H and O–H groups in total. The van der Waals surface area contributed by atoms with Crippen LogP contribution in [0.2, 0.25) is 0 Å². The first kappa shape index (κ1) is 11.2. The molecule has 0 spiro atoms. The highest BCUT2D eigenvalue weighted by Crippen LogP contribution is 2.14. The first-order chi connectivity index (χ1) is 7.75. The van der Waals surface area contributed by atoms with Crippen LogP contribution in [0.25, 0.3) is 0 Å². The van der Waals surface area contributed by atoms with Gasteiger partial charge in [-0.25, -0.2) is 4.98 Å². The number of hydrogen-bond acceptors (Lipinski definition) is 5. The summed E-state index contributed by atoms with van der Waals surface area (Å²) >= 11 is 1.66. The molecule has 0 aliphatic carbocycles. The third kappa shape index (κ3) is 2.84. The molecular weight excluding hydrogens is 220 g/mol. The third-order valence-electron chi connectivity index (χ3n) is 2.25. The van der Waals surface area contributed by atoms with Crippen molar-refractivity contribution in [2.24, 2.45) is 0 Å². The zero-order valence-corrected chi connectivity index (χ0v) is 10.2. The van der Waals surface area contributed by atoms with Gasteiger partial charge in [0.2, 0.25) is 0 Å². The average Bonchev–Trinajstić information content (AvgIpc) is 2.81. The first-order valence-corrected chi connectivity index (χ1v) is 6.04. The van der Waals surface area contributed by atoms with Crippen molar-refractivity contribution in [3.05, 3.63) is 40.4 Å². The van der Waals surface area contributed by atoms with Crippen molar-refractivity contribution in [2.45, 2.75) is 26.4 Å². The Morgan fingerprint density at radius 2 is 2.19 bits per heavy atom. The summed E-state index contributed by atoms with van der Waals surface area (Å²) in [5.74, 6) is 0. The number of aryl methyl sites for hydroxylation is 1. The lowest BCUT2D eigenvalue weighted by Crippen LogP contribution is -2.18. The van der Waals surface area contributed by atoms with E-state index in [0.29, 0.717) is 6.54 Å². The van der Waals surface area contributed by atoms with Crippen LogP contribution in [0.5, 0.6) is 0 Å². The Hall–Kier alpha value is -1.33. The Labute approximate surface area is 98.8 Å². The van der Waals surface area contributed by atoms with E-state index in [1.807, 2.05) is 18.5 Å². The van der Waals surface area contributed by atoms with Gasteiger partial charge < -0.3 is 5.32 Å². The Morgan fingerprint density at radius 1 is 1.31 bits per heavy atom. The van der Waals surface area contributed by atoms with Crippen LogP contribution in [0, 0.1) is 6.92 Å². The molecule has 0 aromatic carbocycles. The van der Waals surface area contributed by atoms with E-state index in [-0.39, 0.29) is 6.04 Å². The molecule has 16 heavy (non-hydrogen) atoms. The second-order valence-electron chi connectivity index (χ2n) is 3.62. The fourth-order valence-corrected chi connectivity index (χ4v) is 1.97. The van der Waals surface area contributed by atoms with Crippen molar-refractivity contribution >= 4 is 11.3 Å². The maximum atomic E-state index is 4.29. The number of nitrogens with one attached hydrogen (secondary N) is 1. The minimum absolute atomic E-state index is 0.253. The molecule has 1 atom stereocenters. The van der Waals surface area contributed by atoms with Crippen molar-refractivity contribution in [1.29, 1.82) is 0 Å². The second kappa shape index (κ2) is 5.14. The van der Waals surface area contributed by atoms with Crippen molar-refractivity contribution in [1.82, 2.24) is 20.3 Å². The van der Waals surface area contributed by atoms with Gasteiger partial charge in [-0.15, -0.1) is 11.3 Å². The Balaban J connectivity index is 1.90. The van der Waals surface area contributed by atoms with Gasteiger partial charge in [-0.2, -0.15) is 0 Å². The normalized spacial score (nSPS) is 12.6. The van der Waals surface area contributed by atoms with Gasteiger partial charge in [-0.05, 0) is 13.8 Å². The molecule has 4 nitrogen and oxygen atoms in total. The number of hydrogen-bond donors (Lipinski definition) is 1. The molecule has 2 rings (SSSR count). The molecule has 0 radical (unpaired) electrons. The molecule has 1 unspecified atom stereocenters. The van der Waals surface area contributed by atoms with Gasteiger partial charge >= 0.3 is 0 Å². The van der Waals surface area contributed by atoms with Gasteiger partial charge in [0.15, 0.2) is 0 Å². The molecule has 2 aromatic rings. The van der Waals surface area contributed by atoms with Crippen LogP contribution in [-0.4, -0.2) is 15.0 Å². The molecule has 0 saturated carbocycles. The van der Waals surface area contributed by atoms with E-state index in [1.54, 1.807) is 23.7 Å². The summed E-state index contributed by atoms with van der Waals surface area (Å²) in [6, 6.07) is 0.253. The zero-order valence-electron chi connectivity index (χ0n) is 9.34. The molecule has 0 saturated heterocycles. The number of thiazole rings is 1.